The number of nitrogens with zero attached hydrogens (tertiary/aromatic N) is 2. The third-order valence-corrected chi connectivity index (χ3v) is 8.01. The van der Waals surface area contributed by atoms with E-state index in [2.05, 4.69) is 4.98 Å². The zero-order valence-electron chi connectivity index (χ0n) is 21.7. The number of H-pyrrole nitrogens is 1. The first-order valence-electron chi connectivity index (χ1n) is 13.4. The standard InChI is InChI=1S/C32H30ClN3O3/c33-25-12-6-11-24(19-25)32(15-16-32)31-34-27-13-7-17-36(20-26(27)30(38)35-31)29(37)18-23-10-4-5-14-28(23)39-21-22-8-2-1-3-9-22/h1-6,8-12,14,19H,7,13,15-18,20-21H2,(H,34,35,38). The number of nitrogens with one attached hydrogen (secondary N) is 1. The molecule has 1 saturated carbocycles. The van der Waals surface area contributed by atoms with E-state index in [0.717, 1.165) is 41.6 Å². The number of aromatic nitrogens is 2. The van der Waals surface area contributed by atoms with E-state index < -0.39 is 0 Å². The van der Waals surface area contributed by atoms with Crippen molar-refractivity contribution in [1.29, 1.82) is 0 Å². The summed E-state index contributed by atoms with van der Waals surface area (Å²) in [7, 11) is 0. The predicted molar refractivity (Wildman–Crippen MR) is 151 cm³/mol. The average Bonchev–Trinajstić information content (AvgIpc) is 3.78. The molecule has 0 saturated heterocycles. The maximum atomic E-state index is 13.4. The van der Waals surface area contributed by atoms with Crippen molar-refractivity contribution in [3.63, 3.8) is 0 Å². The number of aromatic amines is 1. The fourth-order valence-corrected chi connectivity index (χ4v) is 5.63. The van der Waals surface area contributed by atoms with Gasteiger partial charge in [-0.3, -0.25) is 9.59 Å². The molecule has 198 valence electrons. The lowest BCUT2D eigenvalue weighted by atomic mass is 9.94. The number of carbonyl (C=O) groups excluding carboxylic acids is 1. The lowest BCUT2D eigenvalue weighted by Crippen LogP contribution is -2.34. The van der Waals surface area contributed by atoms with Crippen LogP contribution in [0.4, 0.5) is 0 Å². The molecular weight excluding hydrogens is 510 g/mol. The van der Waals surface area contributed by atoms with Gasteiger partial charge < -0.3 is 14.6 Å². The quantitative estimate of drug-likeness (QED) is 0.332. The third-order valence-electron chi connectivity index (χ3n) is 7.78. The van der Waals surface area contributed by atoms with Crippen molar-refractivity contribution in [2.45, 2.75) is 50.7 Å². The molecule has 0 radical (unpaired) electrons. The van der Waals surface area contributed by atoms with Gasteiger partial charge in [-0.05, 0) is 55.0 Å². The molecule has 1 aliphatic heterocycles. The van der Waals surface area contributed by atoms with Crippen molar-refractivity contribution in [3.8, 4) is 5.75 Å². The highest BCUT2D eigenvalue weighted by atomic mass is 35.5. The van der Waals surface area contributed by atoms with Gasteiger partial charge in [0, 0.05) is 17.1 Å². The summed E-state index contributed by atoms with van der Waals surface area (Å²) in [6.45, 7) is 1.27. The lowest BCUT2D eigenvalue weighted by Gasteiger charge is -2.22. The van der Waals surface area contributed by atoms with Crippen LogP contribution in [0.15, 0.2) is 83.7 Å². The zero-order chi connectivity index (χ0) is 26.8. The number of carbonyl (C=O) groups is 1. The van der Waals surface area contributed by atoms with Crippen LogP contribution in [-0.4, -0.2) is 27.3 Å². The van der Waals surface area contributed by atoms with Crippen LogP contribution < -0.4 is 10.3 Å². The molecule has 6 rings (SSSR count). The molecule has 1 N–H and O–H groups in total. The second-order valence-corrected chi connectivity index (χ2v) is 10.8. The number of fused-ring (bicyclic) bond motifs is 1. The summed E-state index contributed by atoms with van der Waals surface area (Å²) in [5.74, 6) is 1.38. The molecule has 6 nitrogen and oxygen atoms in total. The highest BCUT2D eigenvalue weighted by molar-refractivity contribution is 6.30. The van der Waals surface area contributed by atoms with Crippen LogP contribution in [0.3, 0.4) is 0 Å². The predicted octanol–water partition coefficient (Wildman–Crippen LogP) is 5.60. The van der Waals surface area contributed by atoms with Crippen LogP contribution in [0.2, 0.25) is 5.02 Å². The van der Waals surface area contributed by atoms with Crippen LogP contribution in [0.25, 0.3) is 0 Å². The Bertz CT molecular complexity index is 1560. The van der Waals surface area contributed by atoms with Crippen molar-refractivity contribution in [2.24, 2.45) is 0 Å². The molecule has 1 amide bonds. The van der Waals surface area contributed by atoms with Crippen LogP contribution in [0.5, 0.6) is 5.75 Å². The molecule has 1 aliphatic carbocycles. The maximum Gasteiger partial charge on any atom is 0.256 e. The Morgan fingerprint density at radius 1 is 1.03 bits per heavy atom. The van der Waals surface area contributed by atoms with E-state index in [-0.39, 0.29) is 29.8 Å². The van der Waals surface area contributed by atoms with E-state index in [9.17, 15) is 9.59 Å². The Labute approximate surface area is 232 Å². The largest absolute Gasteiger partial charge is 0.489 e. The Hall–Kier alpha value is -3.90. The summed E-state index contributed by atoms with van der Waals surface area (Å²) in [6.07, 6.45) is 3.47. The smallest absolute Gasteiger partial charge is 0.256 e. The minimum Gasteiger partial charge on any atom is -0.489 e. The monoisotopic (exact) mass is 539 g/mol. The summed E-state index contributed by atoms with van der Waals surface area (Å²) >= 11 is 6.26. The van der Waals surface area contributed by atoms with E-state index in [1.807, 2.05) is 78.9 Å². The van der Waals surface area contributed by atoms with Gasteiger partial charge in [0.15, 0.2) is 0 Å². The first-order chi connectivity index (χ1) is 19.0. The molecule has 0 unspecified atom stereocenters. The van der Waals surface area contributed by atoms with Gasteiger partial charge in [-0.15, -0.1) is 0 Å². The Morgan fingerprint density at radius 3 is 2.62 bits per heavy atom. The molecular formula is C32H30ClN3O3. The number of hydrogen-bond donors (Lipinski definition) is 1. The molecule has 2 heterocycles. The van der Waals surface area contributed by atoms with Crippen LogP contribution in [0, 0.1) is 0 Å². The number of amides is 1. The Morgan fingerprint density at radius 2 is 1.82 bits per heavy atom. The molecule has 39 heavy (non-hydrogen) atoms. The molecule has 3 aromatic carbocycles. The summed E-state index contributed by atoms with van der Waals surface area (Å²) in [4.78, 5) is 36.6. The van der Waals surface area contributed by atoms with Gasteiger partial charge in [-0.1, -0.05) is 72.3 Å². The van der Waals surface area contributed by atoms with E-state index in [1.165, 1.54) is 0 Å². The van der Waals surface area contributed by atoms with Gasteiger partial charge in [0.2, 0.25) is 5.91 Å². The van der Waals surface area contributed by atoms with Crippen LogP contribution >= 0.6 is 11.6 Å². The molecule has 4 aromatic rings. The second kappa shape index (κ2) is 10.7. The first-order valence-corrected chi connectivity index (χ1v) is 13.8. The fraction of sp³-hybridized carbons (Fsp3) is 0.281. The van der Waals surface area contributed by atoms with E-state index in [1.54, 1.807) is 4.90 Å². The van der Waals surface area contributed by atoms with E-state index in [0.29, 0.717) is 41.7 Å². The minimum atomic E-state index is -0.287. The normalized spacial score (nSPS) is 15.8. The highest BCUT2D eigenvalue weighted by Crippen LogP contribution is 2.52. The van der Waals surface area contributed by atoms with Crippen LogP contribution in [-0.2, 0) is 36.2 Å². The van der Waals surface area contributed by atoms with Crippen molar-refractivity contribution >= 4 is 17.5 Å². The molecule has 7 heteroatoms. The Kier molecular flexibility index (Phi) is 6.96. The van der Waals surface area contributed by atoms with Gasteiger partial charge in [-0.2, -0.15) is 0 Å². The number of para-hydroxylation sites is 1. The second-order valence-electron chi connectivity index (χ2n) is 10.4. The molecule has 1 aromatic heterocycles. The summed E-state index contributed by atoms with van der Waals surface area (Å²) in [5.41, 5.74) is 3.92. The van der Waals surface area contributed by atoms with E-state index >= 15 is 0 Å². The molecule has 0 bridgehead atoms. The van der Waals surface area contributed by atoms with Crippen molar-refractivity contribution < 1.29 is 9.53 Å². The molecule has 2 aliphatic rings. The van der Waals surface area contributed by atoms with Crippen LogP contribution in [0.1, 0.15) is 53.0 Å². The fourth-order valence-electron chi connectivity index (χ4n) is 5.44. The van der Waals surface area contributed by atoms with Gasteiger partial charge >= 0.3 is 0 Å². The summed E-state index contributed by atoms with van der Waals surface area (Å²) < 4.78 is 6.06. The number of rotatable bonds is 7. The SMILES string of the molecule is O=C(Cc1ccccc1OCc1ccccc1)N1CCCc2nc(C3(c4cccc(Cl)c4)CC3)[nH]c(=O)c2C1. The van der Waals surface area contributed by atoms with E-state index in [4.69, 9.17) is 21.3 Å². The highest BCUT2D eigenvalue weighted by Gasteiger charge is 2.48. The number of hydrogen-bond acceptors (Lipinski definition) is 4. The molecule has 1 fully saturated rings. The lowest BCUT2D eigenvalue weighted by molar-refractivity contribution is -0.131. The third kappa shape index (κ3) is 5.34. The van der Waals surface area contributed by atoms with Crippen molar-refractivity contribution in [2.75, 3.05) is 6.54 Å². The van der Waals surface area contributed by atoms with Gasteiger partial charge in [0.05, 0.1) is 29.6 Å². The summed E-state index contributed by atoms with van der Waals surface area (Å²) in [6, 6.07) is 25.4. The molecule has 0 spiro atoms. The van der Waals surface area contributed by atoms with Crippen molar-refractivity contribution in [3.05, 3.63) is 128 Å². The number of ether oxygens (including phenoxy) is 1. The van der Waals surface area contributed by atoms with Gasteiger partial charge in [-0.25, -0.2) is 4.98 Å². The maximum absolute atomic E-state index is 13.4. The average molecular weight is 540 g/mol. The number of benzene rings is 3. The summed E-state index contributed by atoms with van der Waals surface area (Å²) in [5, 5.41) is 0.678. The first kappa shape index (κ1) is 25.4. The molecule has 0 atom stereocenters. The number of aryl methyl sites for hydroxylation is 1. The topological polar surface area (TPSA) is 75.3 Å². The minimum absolute atomic E-state index is 0.0281. The Balaban J connectivity index is 1.19. The van der Waals surface area contributed by atoms with Gasteiger partial charge in [0.25, 0.3) is 5.56 Å². The van der Waals surface area contributed by atoms with Crippen molar-refractivity contribution in [1.82, 2.24) is 14.9 Å². The zero-order valence-corrected chi connectivity index (χ0v) is 22.4. The number of halogens is 1. The van der Waals surface area contributed by atoms with Gasteiger partial charge in [0.1, 0.15) is 18.2 Å².